The Morgan fingerprint density at radius 2 is 1.12 bits per heavy atom. The Hall–Kier alpha value is -6.25. The first-order valence-electron chi connectivity index (χ1n) is 17.0. The summed E-state index contributed by atoms with van der Waals surface area (Å²) in [4.78, 5) is 5.08. The van der Waals surface area contributed by atoms with Crippen molar-refractivity contribution >= 4 is 32.6 Å². The molecule has 2 heteroatoms. The van der Waals surface area contributed by atoms with Crippen molar-refractivity contribution in [2.45, 2.75) is 5.41 Å². The lowest BCUT2D eigenvalue weighted by Crippen LogP contribution is -2.26. The molecule has 9 aromatic rings. The van der Waals surface area contributed by atoms with Crippen LogP contribution >= 0.6 is 0 Å². The zero-order valence-electron chi connectivity index (χ0n) is 27.0. The number of rotatable bonds is 2. The van der Waals surface area contributed by atoms with Crippen molar-refractivity contribution in [3.8, 4) is 44.8 Å². The van der Waals surface area contributed by atoms with Crippen molar-refractivity contribution in [3.05, 3.63) is 186 Å². The lowest BCUT2D eigenvalue weighted by molar-refractivity contribution is 0.802. The third-order valence-electron chi connectivity index (χ3n) is 11.2. The normalized spacial score (nSPS) is 13.6. The van der Waals surface area contributed by atoms with Crippen LogP contribution in [0.4, 0.5) is 0 Å². The molecule has 0 saturated carbocycles. The fraction of sp³-hybridized carbons (Fsp3) is 0.0426. The van der Waals surface area contributed by atoms with Crippen molar-refractivity contribution in [2.75, 3.05) is 0 Å². The SMILES string of the molecule is Cn1c(-c2ccccc2)nc2cc(-c3ccc4cc5c(cc4c3)C3(c4ccccc4-c4ccccc43)c3c-5ccc4ccccc34)ccc21. The van der Waals surface area contributed by atoms with Gasteiger partial charge in [0.1, 0.15) is 5.82 Å². The highest BCUT2D eigenvalue weighted by atomic mass is 15.1. The molecule has 0 bridgehead atoms. The number of benzene rings is 8. The van der Waals surface area contributed by atoms with Gasteiger partial charge in [0.25, 0.3) is 0 Å². The first-order chi connectivity index (χ1) is 24.2. The van der Waals surface area contributed by atoms with Gasteiger partial charge in [0.05, 0.1) is 16.4 Å². The van der Waals surface area contributed by atoms with Gasteiger partial charge >= 0.3 is 0 Å². The molecule has 8 aromatic carbocycles. The predicted octanol–water partition coefficient (Wildman–Crippen LogP) is 11.6. The summed E-state index contributed by atoms with van der Waals surface area (Å²) in [5, 5.41) is 5.11. The molecule has 0 fully saturated rings. The molecule has 0 aliphatic heterocycles. The van der Waals surface area contributed by atoms with E-state index in [0.29, 0.717) is 0 Å². The van der Waals surface area contributed by atoms with Crippen LogP contribution in [0.2, 0.25) is 0 Å². The van der Waals surface area contributed by atoms with E-state index in [1.54, 1.807) is 0 Å². The smallest absolute Gasteiger partial charge is 0.140 e. The quantitative estimate of drug-likeness (QED) is 0.188. The van der Waals surface area contributed by atoms with Crippen molar-refractivity contribution in [2.24, 2.45) is 7.05 Å². The van der Waals surface area contributed by atoms with E-state index in [-0.39, 0.29) is 0 Å². The predicted molar refractivity (Wildman–Crippen MR) is 203 cm³/mol. The Balaban J connectivity index is 1.16. The molecule has 2 aliphatic carbocycles. The Morgan fingerprint density at radius 1 is 0.449 bits per heavy atom. The third kappa shape index (κ3) is 3.48. The highest BCUT2D eigenvalue weighted by Gasteiger charge is 2.52. The van der Waals surface area contributed by atoms with Gasteiger partial charge in [-0.25, -0.2) is 4.98 Å². The monoisotopic (exact) mass is 622 g/mol. The molecule has 2 nitrogen and oxygen atoms in total. The summed E-state index contributed by atoms with van der Waals surface area (Å²) >= 11 is 0. The van der Waals surface area contributed by atoms with Crippen LogP contribution in [-0.2, 0) is 12.5 Å². The zero-order chi connectivity index (χ0) is 32.3. The molecule has 0 atom stereocenters. The minimum Gasteiger partial charge on any atom is -0.327 e. The van der Waals surface area contributed by atoms with Gasteiger partial charge < -0.3 is 4.57 Å². The second-order valence-corrected chi connectivity index (χ2v) is 13.6. The molecule has 1 heterocycles. The molecule has 49 heavy (non-hydrogen) atoms. The Kier molecular flexibility index (Phi) is 5.28. The van der Waals surface area contributed by atoms with Crippen molar-refractivity contribution < 1.29 is 0 Å². The van der Waals surface area contributed by atoms with Crippen molar-refractivity contribution in [1.82, 2.24) is 9.55 Å². The number of hydrogen-bond acceptors (Lipinski definition) is 1. The van der Waals surface area contributed by atoms with E-state index in [1.165, 1.54) is 77.2 Å². The van der Waals surface area contributed by atoms with Crippen molar-refractivity contribution in [3.63, 3.8) is 0 Å². The standard InChI is InChI=1S/C47H30N2/c1-49-44-24-22-33(28-43(44)48-46(49)30-12-3-2-4-13-30)31-19-20-32-26-39-38-23-21-29-11-5-6-14-35(29)45(38)47(42(39)27-34(32)25-31)40-17-9-7-15-36(40)37-16-8-10-18-41(37)47/h2-28H,1H3. The van der Waals surface area contributed by atoms with E-state index in [2.05, 4.69) is 169 Å². The molecule has 1 aromatic heterocycles. The molecule has 2 aliphatic rings. The van der Waals surface area contributed by atoms with E-state index >= 15 is 0 Å². The van der Waals surface area contributed by atoms with Crippen LogP contribution in [0.3, 0.4) is 0 Å². The van der Waals surface area contributed by atoms with Gasteiger partial charge in [-0.1, -0.05) is 133 Å². The van der Waals surface area contributed by atoms with Crippen LogP contribution in [0.5, 0.6) is 0 Å². The summed E-state index contributed by atoms with van der Waals surface area (Å²) in [6.07, 6.45) is 0. The lowest BCUT2D eigenvalue weighted by atomic mass is 9.69. The van der Waals surface area contributed by atoms with Crippen LogP contribution < -0.4 is 0 Å². The van der Waals surface area contributed by atoms with E-state index in [0.717, 1.165) is 22.4 Å². The summed E-state index contributed by atoms with van der Waals surface area (Å²) in [5.41, 5.74) is 16.1. The van der Waals surface area contributed by atoms with Gasteiger partial charge in [-0.3, -0.25) is 0 Å². The molecule has 228 valence electrons. The van der Waals surface area contributed by atoms with Crippen LogP contribution in [0.15, 0.2) is 164 Å². The number of hydrogen-bond donors (Lipinski definition) is 0. The first kappa shape index (κ1) is 26.8. The van der Waals surface area contributed by atoms with E-state index in [1.807, 2.05) is 6.07 Å². The van der Waals surface area contributed by atoms with Gasteiger partial charge in [0, 0.05) is 12.6 Å². The Labute approximate surface area is 284 Å². The molecule has 0 amide bonds. The van der Waals surface area contributed by atoms with Crippen LogP contribution in [0.1, 0.15) is 22.3 Å². The summed E-state index contributed by atoms with van der Waals surface area (Å²) in [7, 11) is 2.10. The minimum absolute atomic E-state index is 0.399. The summed E-state index contributed by atoms with van der Waals surface area (Å²) in [6, 6.07) is 60.7. The third-order valence-corrected chi connectivity index (χ3v) is 11.2. The fourth-order valence-corrected chi connectivity index (χ4v) is 9.06. The number of nitrogens with zero attached hydrogens (tertiary/aromatic N) is 2. The maximum atomic E-state index is 5.08. The highest BCUT2D eigenvalue weighted by Crippen LogP contribution is 2.64. The molecular formula is C47H30N2. The van der Waals surface area contributed by atoms with E-state index in [9.17, 15) is 0 Å². The molecule has 11 rings (SSSR count). The van der Waals surface area contributed by atoms with Gasteiger partial charge in [0.15, 0.2) is 0 Å². The maximum Gasteiger partial charge on any atom is 0.140 e. The lowest BCUT2D eigenvalue weighted by Gasteiger charge is -2.31. The largest absolute Gasteiger partial charge is 0.327 e. The van der Waals surface area contributed by atoms with E-state index < -0.39 is 5.41 Å². The van der Waals surface area contributed by atoms with Gasteiger partial charge in [0.2, 0.25) is 0 Å². The van der Waals surface area contributed by atoms with E-state index in [4.69, 9.17) is 4.98 Å². The molecule has 0 saturated heterocycles. The molecule has 1 spiro atoms. The van der Waals surface area contributed by atoms with Gasteiger partial charge in [-0.05, 0) is 108 Å². The van der Waals surface area contributed by atoms with Gasteiger partial charge in [-0.15, -0.1) is 0 Å². The number of aromatic nitrogens is 2. The minimum atomic E-state index is -0.399. The highest BCUT2D eigenvalue weighted by molar-refractivity contribution is 6.06. The molecular weight excluding hydrogens is 593 g/mol. The Bertz CT molecular complexity index is 2790. The van der Waals surface area contributed by atoms with Crippen LogP contribution in [0.25, 0.3) is 77.3 Å². The Morgan fingerprint density at radius 3 is 1.94 bits per heavy atom. The summed E-state index contributed by atoms with van der Waals surface area (Å²) in [5.74, 6) is 0.983. The average molecular weight is 623 g/mol. The van der Waals surface area contributed by atoms with Gasteiger partial charge in [-0.2, -0.15) is 0 Å². The second kappa shape index (κ2) is 9.65. The zero-order valence-corrected chi connectivity index (χ0v) is 27.0. The molecule has 0 radical (unpaired) electrons. The average Bonchev–Trinajstić information content (AvgIpc) is 3.76. The number of imidazole rings is 1. The molecule has 0 unspecified atom stereocenters. The van der Waals surface area contributed by atoms with Crippen LogP contribution in [0, 0.1) is 0 Å². The number of fused-ring (bicyclic) bond motifs is 14. The fourth-order valence-electron chi connectivity index (χ4n) is 9.06. The second-order valence-electron chi connectivity index (χ2n) is 13.6. The topological polar surface area (TPSA) is 17.8 Å². The maximum absolute atomic E-state index is 5.08. The van der Waals surface area contributed by atoms with Crippen molar-refractivity contribution in [1.29, 1.82) is 0 Å². The molecule has 0 N–H and O–H groups in total. The summed E-state index contributed by atoms with van der Waals surface area (Å²) in [6.45, 7) is 0. The summed E-state index contributed by atoms with van der Waals surface area (Å²) < 4.78 is 2.19. The number of aryl methyl sites for hydroxylation is 1. The van der Waals surface area contributed by atoms with Crippen LogP contribution in [-0.4, -0.2) is 9.55 Å². The first-order valence-corrected chi connectivity index (χ1v) is 17.0.